The summed E-state index contributed by atoms with van der Waals surface area (Å²) in [6, 6.07) is 5.77. The van der Waals surface area contributed by atoms with Crippen molar-refractivity contribution in [1.82, 2.24) is 4.90 Å². The Labute approximate surface area is 146 Å². The van der Waals surface area contributed by atoms with E-state index >= 15 is 0 Å². The molecule has 3 rings (SSSR count). The van der Waals surface area contributed by atoms with Crippen LogP contribution in [-0.4, -0.2) is 60.9 Å². The molecule has 0 aromatic heterocycles. The second-order valence-electron chi connectivity index (χ2n) is 6.26. The fourth-order valence-electron chi connectivity index (χ4n) is 3.04. The molecule has 1 atom stereocenters. The van der Waals surface area contributed by atoms with E-state index in [4.69, 9.17) is 19.3 Å². The highest BCUT2D eigenvalue weighted by molar-refractivity contribution is 5.76. The molecule has 7 heteroatoms. The lowest BCUT2D eigenvalue weighted by Crippen LogP contribution is -2.46. The van der Waals surface area contributed by atoms with Gasteiger partial charge in [0.05, 0.1) is 32.3 Å². The van der Waals surface area contributed by atoms with Gasteiger partial charge in [0, 0.05) is 25.9 Å². The van der Waals surface area contributed by atoms with E-state index in [1.54, 1.807) is 4.90 Å². The average Bonchev–Trinajstić information content (AvgIpc) is 2.84. The van der Waals surface area contributed by atoms with Gasteiger partial charge in [-0.2, -0.15) is 0 Å². The number of aliphatic carboxylic acids is 1. The van der Waals surface area contributed by atoms with Crippen molar-refractivity contribution in [3.63, 3.8) is 0 Å². The number of hydrogen-bond donors (Lipinski definition) is 1. The fourth-order valence-corrected chi connectivity index (χ4v) is 3.04. The van der Waals surface area contributed by atoms with Crippen molar-refractivity contribution in [2.75, 3.05) is 32.9 Å². The van der Waals surface area contributed by atoms with Crippen LogP contribution in [0.5, 0.6) is 11.5 Å². The number of aryl methyl sites for hydroxylation is 1. The third-order valence-electron chi connectivity index (χ3n) is 4.33. The van der Waals surface area contributed by atoms with Crippen LogP contribution >= 0.6 is 0 Å². The molecular weight excluding hydrogens is 326 g/mol. The summed E-state index contributed by atoms with van der Waals surface area (Å²) in [5.41, 5.74) is 1.02. The van der Waals surface area contributed by atoms with Crippen LogP contribution in [0, 0.1) is 0 Å². The Morgan fingerprint density at radius 1 is 1.16 bits per heavy atom. The molecule has 7 nitrogen and oxygen atoms in total. The number of rotatable bonds is 5. The number of fused-ring (bicyclic) bond motifs is 1. The summed E-state index contributed by atoms with van der Waals surface area (Å²) in [5, 5.41) is 8.85. The van der Waals surface area contributed by atoms with E-state index in [1.165, 1.54) is 0 Å². The van der Waals surface area contributed by atoms with E-state index in [1.807, 2.05) is 18.2 Å². The zero-order chi connectivity index (χ0) is 17.6. The smallest absolute Gasteiger partial charge is 0.306 e. The maximum atomic E-state index is 12.4. The number of carbonyl (C=O) groups excluding carboxylic acids is 1. The van der Waals surface area contributed by atoms with Crippen molar-refractivity contribution in [2.24, 2.45) is 0 Å². The molecule has 0 spiro atoms. The minimum Gasteiger partial charge on any atom is -0.490 e. The topological polar surface area (TPSA) is 85.3 Å². The molecule has 0 unspecified atom stereocenters. The molecule has 1 fully saturated rings. The number of hydrogen-bond acceptors (Lipinski definition) is 5. The van der Waals surface area contributed by atoms with Crippen LogP contribution < -0.4 is 9.47 Å². The number of morpholine rings is 1. The van der Waals surface area contributed by atoms with Crippen LogP contribution in [0.25, 0.3) is 0 Å². The highest BCUT2D eigenvalue weighted by Crippen LogP contribution is 2.30. The summed E-state index contributed by atoms with van der Waals surface area (Å²) < 4.78 is 16.7. The first-order valence-electron chi connectivity index (χ1n) is 8.61. The largest absolute Gasteiger partial charge is 0.490 e. The van der Waals surface area contributed by atoms with E-state index in [0.29, 0.717) is 45.8 Å². The van der Waals surface area contributed by atoms with Crippen LogP contribution in [0.15, 0.2) is 18.2 Å². The summed E-state index contributed by atoms with van der Waals surface area (Å²) in [6.45, 7) is 2.52. The van der Waals surface area contributed by atoms with Gasteiger partial charge in [-0.25, -0.2) is 0 Å². The Hall–Kier alpha value is -2.28. The summed E-state index contributed by atoms with van der Waals surface area (Å²) in [7, 11) is 0. The van der Waals surface area contributed by atoms with Gasteiger partial charge in [0.15, 0.2) is 11.5 Å². The minimum atomic E-state index is -0.911. The molecule has 1 aromatic rings. The molecule has 0 saturated carbocycles. The lowest BCUT2D eigenvalue weighted by molar-refractivity contribution is -0.147. The SMILES string of the molecule is O=C(O)C[C@@H]1CN(C(=O)CCc2ccc3c(c2)OCCCO3)CCO1. The maximum Gasteiger partial charge on any atom is 0.306 e. The van der Waals surface area contributed by atoms with E-state index in [9.17, 15) is 9.59 Å². The van der Waals surface area contributed by atoms with Crippen LogP contribution in [0.2, 0.25) is 0 Å². The van der Waals surface area contributed by atoms with Gasteiger partial charge >= 0.3 is 5.97 Å². The molecule has 2 heterocycles. The zero-order valence-electron chi connectivity index (χ0n) is 14.1. The van der Waals surface area contributed by atoms with Crippen LogP contribution in [0.1, 0.15) is 24.8 Å². The van der Waals surface area contributed by atoms with Gasteiger partial charge in [0.1, 0.15) is 0 Å². The van der Waals surface area contributed by atoms with Crippen LogP contribution in [0.4, 0.5) is 0 Å². The lowest BCUT2D eigenvalue weighted by Gasteiger charge is -2.32. The molecular formula is C18H23NO6. The van der Waals surface area contributed by atoms with Crippen molar-refractivity contribution in [3.8, 4) is 11.5 Å². The van der Waals surface area contributed by atoms with Gasteiger partial charge in [-0.05, 0) is 24.1 Å². The Morgan fingerprint density at radius 3 is 2.76 bits per heavy atom. The fraction of sp³-hybridized carbons (Fsp3) is 0.556. The first-order chi connectivity index (χ1) is 12.1. The number of carboxylic acid groups (broad SMARTS) is 1. The normalized spacial score (nSPS) is 20.0. The summed E-state index contributed by atoms with van der Waals surface area (Å²) in [5.74, 6) is 0.588. The zero-order valence-corrected chi connectivity index (χ0v) is 14.1. The third kappa shape index (κ3) is 4.85. The van der Waals surface area contributed by atoms with Crippen molar-refractivity contribution >= 4 is 11.9 Å². The maximum absolute atomic E-state index is 12.4. The van der Waals surface area contributed by atoms with Crippen molar-refractivity contribution in [3.05, 3.63) is 23.8 Å². The second-order valence-corrected chi connectivity index (χ2v) is 6.26. The Balaban J connectivity index is 1.53. The number of carbonyl (C=O) groups is 2. The molecule has 1 saturated heterocycles. The number of ether oxygens (including phenoxy) is 3. The summed E-state index contributed by atoms with van der Waals surface area (Å²) in [4.78, 5) is 24.9. The Morgan fingerprint density at radius 2 is 1.96 bits per heavy atom. The highest BCUT2D eigenvalue weighted by Gasteiger charge is 2.25. The Bertz CT molecular complexity index is 632. The molecule has 1 aromatic carbocycles. The molecule has 136 valence electrons. The number of nitrogens with zero attached hydrogens (tertiary/aromatic N) is 1. The molecule has 0 aliphatic carbocycles. The van der Waals surface area contributed by atoms with Crippen molar-refractivity contribution in [1.29, 1.82) is 0 Å². The average molecular weight is 349 g/mol. The van der Waals surface area contributed by atoms with Gasteiger partial charge in [0.2, 0.25) is 5.91 Å². The third-order valence-corrected chi connectivity index (χ3v) is 4.33. The molecule has 0 radical (unpaired) electrons. The van der Waals surface area contributed by atoms with Gasteiger partial charge in [-0.1, -0.05) is 6.07 Å². The van der Waals surface area contributed by atoms with E-state index in [2.05, 4.69) is 0 Å². The van der Waals surface area contributed by atoms with Crippen molar-refractivity contribution in [2.45, 2.75) is 31.8 Å². The standard InChI is InChI=1S/C18H23NO6/c20-17(19-6-9-23-14(12-19)11-18(21)22)5-3-13-2-4-15-16(10-13)25-8-1-7-24-15/h2,4,10,14H,1,3,5-9,11-12H2,(H,21,22)/t14-/m1/s1. The monoisotopic (exact) mass is 349 g/mol. The van der Waals surface area contributed by atoms with E-state index in [-0.39, 0.29) is 12.3 Å². The van der Waals surface area contributed by atoms with E-state index in [0.717, 1.165) is 23.5 Å². The number of benzene rings is 1. The lowest BCUT2D eigenvalue weighted by atomic mass is 10.1. The minimum absolute atomic E-state index is 0.0193. The van der Waals surface area contributed by atoms with Gasteiger partial charge < -0.3 is 24.2 Å². The predicted octanol–water partition coefficient (Wildman–Crippen LogP) is 1.48. The number of amides is 1. The molecule has 25 heavy (non-hydrogen) atoms. The first-order valence-corrected chi connectivity index (χ1v) is 8.61. The van der Waals surface area contributed by atoms with Crippen LogP contribution in [-0.2, 0) is 20.7 Å². The molecule has 1 N–H and O–H groups in total. The van der Waals surface area contributed by atoms with Gasteiger partial charge in [-0.15, -0.1) is 0 Å². The molecule has 0 bridgehead atoms. The van der Waals surface area contributed by atoms with Gasteiger partial charge in [-0.3, -0.25) is 9.59 Å². The predicted molar refractivity (Wildman–Crippen MR) is 88.9 cm³/mol. The number of carboxylic acids is 1. The molecule has 2 aliphatic rings. The molecule has 2 aliphatic heterocycles. The van der Waals surface area contributed by atoms with Crippen molar-refractivity contribution < 1.29 is 28.9 Å². The molecule has 1 amide bonds. The second kappa shape index (κ2) is 8.20. The first kappa shape index (κ1) is 17.5. The highest BCUT2D eigenvalue weighted by atomic mass is 16.5. The Kier molecular flexibility index (Phi) is 5.75. The van der Waals surface area contributed by atoms with E-state index < -0.39 is 12.1 Å². The summed E-state index contributed by atoms with van der Waals surface area (Å²) >= 11 is 0. The van der Waals surface area contributed by atoms with Crippen LogP contribution in [0.3, 0.4) is 0 Å². The quantitative estimate of drug-likeness (QED) is 0.867. The summed E-state index contributed by atoms with van der Waals surface area (Å²) in [6.07, 6.45) is 1.34. The van der Waals surface area contributed by atoms with Gasteiger partial charge in [0.25, 0.3) is 0 Å².